The lowest BCUT2D eigenvalue weighted by atomic mass is 10.3. The van der Waals surface area contributed by atoms with Crippen molar-refractivity contribution in [2.75, 3.05) is 5.32 Å². The van der Waals surface area contributed by atoms with Gasteiger partial charge in [-0.15, -0.1) is 0 Å². The lowest BCUT2D eigenvalue weighted by molar-refractivity contribution is 0.430. The molecule has 10 heteroatoms. The number of benzene rings is 2. The van der Waals surface area contributed by atoms with E-state index in [-0.39, 0.29) is 21.4 Å². The van der Waals surface area contributed by atoms with Crippen molar-refractivity contribution in [3.05, 3.63) is 86.0 Å². The largest absolute Gasteiger partial charge is 0.493 e. The first kappa shape index (κ1) is 19.3. The molecule has 8 nitrogen and oxygen atoms in total. The minimum atomic E-state index is -0.832. The highest BCUT2D eigenvalue weighted by Gasteiger charge is 2.15. The van der Waals surface area contributed by atoms with E-state index in [0.29, 0.717) is 0 Å². The van der Waals surface area contributed by atoms with Crippen molar-refractivity contribution in [3.8, 4) is 11.6 Å². The Morgan fingerprint density at radius 3 is 2.54 bits per heavy atom. The highest BCUT2D eigenvalue weighted by Crippen LogP contribution is 2.22. The average molecular weight is 416 g/mol. The zero-order valence-corrected chi connectivity index (χ0v) is 15.8. The number of nitrogens with one attached hydrogen (secondary N) is 3. The van der Waals surface area contributed by atoms with E-state index < -0.39 is 17.1 Å². The Kier molecular flexibility index (Phi) is 5.87. The first-order valence-electron chi connectivity index (χ1n) is 7.95. The number of H-pyrrole nitrogens is 1. The van der Waals surface area contributed by atoms with Crippen molar-refractivity contribution >= 4 is 40.8 Å². The number of nitrogens with zero attached hydrogens (tertiary/aromatic N) is 2. The number of aromatic hydroxyl groups is 1. The maximum Gasteiger partial charge on any atom is 0.335 e. The molecule has 0 atom stereocenters. The highest BCUT2D eigenvalue weighted by atomic mass is 35.5. The van der Waals surface area contributed by atoms with Gasteiger partial charge in [0.05, 0.1) is 16.9 Å². The molecule has 0 aliphatic heterocycles. The lowest BCUT2D eigenvalue weighted by Crippen LogP contribution is -2.32. The normalized spacial score (nSPS) is 10.8. The molecule has 0 saturated carbocycles. The van der Waals surface area contributed by atoms with Gasteiger partial charge in [0.1, 0.15) is 5.56 Å². The fourth-order valence-corrected chi connectivity index (χ4v) is 2.74. The van der Waals surface area contributed by atoms with Crippen molar-refractivity contribution in [1.82, 2.24) is 15.0 Å². The maximum atomic E-state index is 12.1. The molecule has 0 aliphatic rings. The van der Waals surface area contributed by atoms with Gasteiger partial charge >= 0.3 is 5.69 Å². The molecule has 1 heterocycles. The third-order valence-corrected chi connectivity index (χ3v) is 4.12. The first-order chi connectivity index (χ1) is 13.5. The minimum Gasteiger partial charge on any atom is -0.493 e. The summed E-state index contributed by atoms with van der Waals surface area (Å²) in [4.78, 5) is 26.3. The van der Waals surface area contributed by atoms with Crippen molar-refractivity contribution < 1.29 is 5.11 Å². The Hall–Kier alpha value is -3.43. The van der Waals surface area contributed by atoms with Crippen LogP contribution in [0.5, 0.6) is 5.88 Å². The molecule has 3 aromatic rings. The standard InChI is InChI=1S/C18H14ClN5O3S/c19-13-8-4-5-9-14(13)24-16(26)12(15(25)22-18(24)27)10-20-23-17(28)21-11-6-2-1-3-7-11/h1-10,26H,(H2,21,23,28)(H,22,25,27)/b20-10+. The number of aromatic amines is 1. The number of thiocarbonyl (C=S) groups is 1. The maximum absolute atomic E-state index is 12.1. The Bertz CT molecular complexity index is 1160. The molecule has 0 amide bonds. The van der Waals surface area contributed by atoms with E-state index in [1.165, 1.54) is 6.07 Å². The van der Waals surface area contributed by atoms with Gasteiger partial charge in [-0.2, -0.15) is 5.10 Å². The van der Waals surface area contributed by atoms with Crippen LogP contribution >= 0.6 is 23.8 Å². The second-order valence-corrected chi connectivity index (χ2v) is 6.29. The van der Waals surface area contributed by atoms with E-state index in [1.807, 2.05) is 30.3 Å². The predicted octanol–water partition coefficient (Wildman–Crippen LogP) is 2.21. The van der Waals surface area contributed by atoms with Gasteiger partial charge in [-0.25, -0.2) is 9.36 Å². The van der Waals surface area contributed by atoms with E-state index in [1.54, 1.807) is 18.2 Å². The Balaban J connectivity index is 1.86. The molecule has 0 unspecified atom stereocenters. The molecule has 3 rings (SSSR count). The van der Waals surface area contributed by atoms with Crippen LogP contribution in [0.4, 0.5) is 5.69 Å². The Morgan fingerprint density at radius 1 is 1.14 bits per heavy atom. The number of anilines is 1. The van der Waals surface area contributed by atoms with E-state index in [0.717, 1.165) is 16.5 Å². The van der Waals surface area contributed by atoms with Crippen LogP contribution in [0, 0.1) is 0 Å². The molecule has 1 aromatic heterocycles. The summed E-state index contributed by atoms with van der Waals surface area (Å²) in [6.07, 6.45) is 1.06. The van der Waals surface area contributed by atoms with Crippen LogP contribution in [0.2, 0.25) is 5.02 Å². The number of hydrogen-bond acceptors (Lipinski definition) is 5. The zero-order valence-electron chi connectivity index (χ0n) is 14.2. The highest BCUT2D eigenvalue weighted by molar-refractivity contribution is 7.80. The monoisotopic (exact) mass is 415 g/mol. The number of para-hydroxylation sites is 2. The molecule has 28 heavy (non-hydrogen) atoms. The average Bonchev–Trinajstić information content (AvgIpc) is 2.66. The molecule has 0 spiro atoms. The van der Waals surface area contributed by atoms with E-state index in [9.17, 15) is 14.7 Å². The number of hydrazone groups is 1. The molecular weight excluding hydrogens is 402 g/mol. The van der Waals surface area contributed by atoms with Crippen molar-refractivity contribution in [3.63, 3.8) is 0 Å². The van der Waals surface area contributed by atoms with Crippen LogP contribution in [0.15, 0.2) is 69.3 Å². The lowest BCUT2D eigenvalue weighted by Gasteiger charge is -2.11. The first-order valence-corrected chi connectivity index (χ1v) is 8.74. The van der Waals surface area contributed by atoms with Crippen LogP contribution in [-0.2, 0) is 0 Å². The van der Waals surface area contributed by atoms with Gasteiger partial charge in [0.2, 0.25) is 5.88 Å². The van der Waals surface area contributed by atoms with E-state index in [2.05, 4.69) is 20.8 Å². The fraction of sp³-hybridized carbons (Fsp3) is 0. The Labute approximate surface area is 169 Å². The van der Waals surface area contributed by atoms with Crippen LogP contribution in [0.1, 0.15) is 5.56 Å². The summed E-state index contributed by atoms with van der Waals surface area (Å²) < 4.78 is 0.881. The van der Waals surface area contributed by atoms with Crippen LogP contribution < -0.4 is 22.0 Å². The number of halogens is 1. The third-order valence-electron chi connectivity index (χ3n) is 3.61. The molecular formula is C18H14ClN5O3S. The van der Waals surface area contributed by atoms with E-state index in [4.69, 9.17) is 23.8 Å². The van der Waals surface area contributed by atoms with Gasteiger partial charge in [0.15, 0.2) is 5.11 Å². The van der Waals surface area contributed by atoms with Crippen LogP contribution in [0.25, 0.3) is 5.69 Å². The van der Waals surface area contributed by atoms with Gasteiger partial charge in [-0.05, 0) is 36.5 Å². The zero-order chi connectivity index (χ0) is 20.1. The minimum absolute atomic E-state index is 0.179. The molecule has 0 saturated heterocycles. The van der Waals surface area contributed by atoms with E-state index >= 15 is 0 Å². The quantitative estimate of drug-likeness (QED) is 0.295. The molecule has 2 aromatic carbocycles. The summed E-state index contributed by atoms with van der Waals surface area (Å²) in [5.41, 5.74) is 1.62. The number of hydrogen-bond donors (Lipinski definition) is 4. The third kappa shape index (κ3) is 4.27. The molecule has 0 aliphatic carbocycles. The van der Waals surface area contributed by atoms with Gasteiger partial charge in [0, 0.05) is 5.69 Å². The molecule has 0 bridgehead atoms. The summed E-state index contributed by atoms with van der Waals surface area (Å²) in [6, 6.07) is 15.6. The van der Waals surface area contributed by atoms with Crippen LogP contribution in [-0.4, -0.2) is 26.0 Å². The second kappa shape index (κ2) is 8.51. The fourth-order valence-electron chi connectivity index (χ4n) is 2.35. The van der Waals surface area contributed by atoms with Crippen LogP contribution in [0.3, 0.4) is 0 Å². The topological polar surface area (TPSA) is 112 Å². The van der Waals surface area contributed by atoms with Gasteiger partial charge < -0.3 is 10.4 Å². The molecule has 142 valence electrons. The SMILES string of the molecule is O=c1[nH]c(=O)n(-c2ccccc2Cl)c(O)c1/C=N/NC(=S)Nc1ccccc1. The second-order valence-electron chi connectivity index (χ2n) is 5.47. The molecule has 0 fully saturated rings. The van der Waals surface area contributed by atoms with Gasteiger partial charge in [-0.3, -0.25) is 15.2 Å². The smallest absolute Gasteiger partial charge is 0.335 e. The van der Waals surface area contributed by atoms with Gasteiger partial charge in [0.25, 0.3) is 5.56 Å². The predicted molar refractivity (Wildman–Crippen MR) is 113 cm³/mol. The summed E-state index contributed by atoms with van der Waals surface area (Å²) in [7, 11) is 0. The number of aromatic nitrogens is 2. The summed E-state index contributed by atoms with van der Waals surface area (Å²) in [5.74, 6) is -0.602. The molecule has 4 N–H and O–H groups in total. The van der Waals surface area contributed by atoms with Crippen molar-refractivity contribution in [2.24, 2.45) is 5.10 Å². The Morgan fingerprint density at radius 2 is 1.82 bits per heavy atom. The summed E-state index contributed by atoms with van der Waals surface area (Å²) in [6.45, 7) is 0. The summed E-state index contributed by atoms with van der Waals surface area (Å²) in [5, 5.41) is 17.6. The van der Waals surface area contributed by atoms with Crippen molar-refractivity contribution in [2.45, 2.75) is 0 Å². The molecule has 0 radical (unpaired) electrons. The summed E-state index contributed by atoms with van der Waals surface area (Å²) >= 11 is 11.2. The van der Waals surface area contributed by atoms with Crippen molar-refractivity contribution in [1.29, 1.82) is 0 Å². The van der Waals surface area contributed by atoms with Gasteiger partial charge in [-0.1, -0.05) is 41.9 Å². The number of rotatable bonds is 4.